The summed E-state index contributed by atoms with van der Waals surface area (Å²) in [5.41, 5.74) is 0. The molecule has 0 aromatic rings. The Balaban J connectivity index is 1.52. The number of nitrogens with zero attached hydrogens (tertiary/aromatic N) is 1. The molecule has 2 heterocycles. The van der Waals surface area contributed by atoms with Crippen LogP contribution in [0.15, 0.2) is 0 Å². The second-order valence-corrected chi connectivity index (χ2v) is 7.26. The molecule has 1 N–H and O–H groups in total. The molecule has 2 unspecified atom stereocenters. The van der Waals surface area contributed by atoms with Crippen molar-refractivity contribution in [3.8, 4) is 0 Å². The van der Waals surface area contributed by atoms with E-state index in [9.17, 15) is 4.79 Å². The van der Waals surface area contributed by atoms with E-state index in [0.717, 1.165) is 37.9 Å². The Morgan fingerprint density at radius 3 is 2.55 bits per heavy atom. The second kappa shape index (κ2) is 6.46. The molecule has 3 nitrogen and oxygen atoms in total. The van der Waals surface area contributed by atoms with E-state index in [1.165, 1.54) is 44.9 Å². The summed E-state index contributed by atoms with van der Waals surface area (Å²) in [6.07, 6.45) is 9.88. The lowest BCUT2D eigenvalue weighted by Crippen LogP contribution is -2.43. The van der Waals surface area contributed by atoms with Crippen LogP contribution in [-0.4, -0.2) is 36.5 Å². The second-order valence-electron chi connectivity index (χ2n) is 7.26. The van der Waals surface area contributed by atoms with Gasteiger partial charge in [0, 0.05) is 19.0 Å². The van der Waals surface area contributed by atoms with E-state index >= 15 is 0 Å². The van der Waals surface area contributed by atoms with E-state index in [-0.39, 0.29) is 0 Å². The molecule has 0 bridgehead atoms. The van der Waals surface area contributed by atoms with Crippen LogP contribution in [-0.2, 0) is 4.79 Å². The van der Waals surface area contributed by atoms with Crippen LogP contribution in [0.5, 0.6) is 0 Å². The zero-order chi connectivity index (χ0) is 13.9. The molecule has 20 heavy (non-hydrogen) atoms. The fourth-order valence-electron chi connectivity index (χ4n) is 4.39. The molecular weight excluding hydrogens is 248 g/mol. The zero-order valence-electron chi connectivity index (χ0n) is 12.9. The van der Waals surface area contributed by atoms with E-state index < -0.39 is 0 Å². The predicted molar refractivity (Wildman–Crippen MR) is 81.5 cm³/mol. The van der Waals surface area contributed by atoms with Gasteiger partial charge in [-0.05, 0) is 69.4 Å². The van der Waals surface area contributed by atoms with E-state index in [1.54, 1.807) is 0 Å². The number of piperidine rings is 1. The van der Waals surface area contributed by atoms with Gasteiger partial charge >= 0.3 is 0 Å². The Bertz CT molecular complexity index is 334. The van der Waals surface area contributed by atoms with Crippen LogP contribution < -0.4 is 5.32 Å². The van der Waals surface area contributed by atoms with Crippen molar-refractivity contribution in [2.75, 3.05) is 19.6 Å². The highest BCUT2D eigenvalue weighted by Gasteiger charge is 2.37. The van der Waals surface area contributed by atoms with Gasteiger partial charge in [-0.15, -0.1) is 0 Å². The minimum atomic E-state index is 0.449. The van der Waals surface area contributed by atoms with Crippen LogP contribution in [0.4, 0.5) is 0 Å². The molecule has 1 aliphatic carbocycles. The van der Waals surface area contributed by atoms with Crippen molar-refractivity contribution >= 4 is 5.91 Å². The lowest BCUT2D eigenvalue weighted by atomic mass is 9.78. The fourth-order valence-corrected chi connectivity index (χ4v) is 4.39. The van der Waals surface area contributed by atoms with Crippen molar-refractivity contribution in [1.82, 2.24) is 10.2 Å². The zero-order valence-corrected chi connectivity index (χ0v) is 12.9. The molecule has 2 atom stereocenters. The van der Waals surface area contributed by atoms with Crippen LogP contribution in [0.2, 0.25) is 0 Å². The number of carbonyl (C=O) groups excluding carboxylic acids is 1. The summed E-state index contributed by atoms with van der Waals surface area (Å²) in [5.74, 6) is 2.60. The highest BCUT2D eigenvalue weighted by Crippen LogP contribution is 2.38. The maximum absolute atomic E-state index is 12.7. The third-order valence-corrected chi connectivity index (χ3v) is 6.00. The van der Waals surface area contributed by atoms with Crippen molar-refractivity contribution in [2.24, 2.45) is 17.8 Å². The SMILES string of the molecule is CC(CC(=O)N1CCCC1C1CCC1)C1CCNCC1. The average molecular weight is 278 g/mol. The van der Waals surface area contributed by atoms with Crippen molar-refractivity contribution in [1.29, 1.82) is 0 Å². The Labute approximate surface area is 123 Å². The summed E-state index contributed by atoms with van der Waals surface area (Å²) in [5, 5.41) is 3.42. The first-order valence-corrected chi connectivity index (χ1v) is 8.76. The summed E-state index contributed by atoms with van der Waals surface area (Å²) in [4.78, 5) is 14.9. The van der Waals surface area contributed by atoms with E-state index in [0.29, 0.717) is 17.9 Å². The Morgan fingerprint density at radius 1 is 1.15 bits per heavy atom. The van der Waals surface area contributed by atoms with Crippen molar-refractivity contribution in [3.63, 3.8) is 0 Å². The molecule has 2 aliphatic heterocycles. The van der Waals surface area contributed by atoms with Gasteiger partial charge in [-0.1, -0.05) is 13.3 Å². The summed E-state index contributed by atoms with van der Waals surface area (Å²) < 4.78 is 0. The summed E-state index contributed by atoms with van der Waals surface area (Å²) in [7, 11) is 0. The molecule has 3 rings (SSSR count). The van der Waals surface area contributed by atoms with E-state index in [4.69, 9.17) is 0 Å². The summed E-state index contributed by atoms with van der Waals surface area (Å²) >= 11 is 0. The number of carbonyl (C=O) groups is 1. The lowest BCUT2D eigenvalue weighted by Gasteiger charge is -2.38. The number of likely N-dealkylation sites (tertiary alicyclic amines) is 1. The van der Waals surface area contributed by atoms with Crippen LogP contribution in [0.3, 0.4) is 0 Å². The van der Waals surface area contributed by atoms with Gasteiger partial charge in [0.25, 0.3) is 0 Å². The van der Waals surface area contributed by atoms with Gasteiger partial charge in [0.1, 0.15) is 0 Å². The molecule has 2 saturated heterocycles. The minimum Gasteiger partial charge on any atom is -0.339 e. The number of nitrogens with one attached hydrogen (secondary N) is 1. The summed E-state index contributed by atoms with van der Waals surface area (Å²) in [6, 6.07) is 0.594. The van der Waals surface area contributed by atoms with Crippen LogP contribution in [0.1, 0.15) is 58.3 Å². The molecule has 3 aliphatic rings. The third kappa shape index (κ3) is 3.03. The molecule has 1 amide bonds. The number of rotatable bonds is 4. The van der Waals surface area contributed by atoms with Crippen LogP contribution in [0.25, 0.3) is 0 Å². The molecule has 114 valence electrons. The highest BCUT2D eigenvalue weighted by molar-refractivity contribution is 5.77. The largest absolute Gasteiger partial charge is 0.339 e. The van der Waals surface area contributed by atoms with E-state index in [1.807, 2.05) is 0 Å². The quantitative estimate of drug-likeness (QED) is 0.857. The third-order valence-electron chi connectivity index (χ3n) is 6.00. The lowest BCUT2D eigenvalue weighted by molar-refractivity contribution is -0.135. The van der Waals surface area contributed by atoms with Gasteiger partial charge in [0.2, 0.25) is 5.91 Å². The maximum atomic E-state index is 12.7. The van der Waals surface area contributed by atoms with Gasteiger partial charge in [0.05, 0.1) is 0 Å². The van der Waals surface area contributed by atoms with Gasteiger partial charge in [0.15, 0.2) is 0 Å². The van der Waals surface area contributed by atoms with Crippen LogP contribution >= 0.6 is 0 Å². The topological polar surface area (TPSA) is 32.3 Å². The smallest absolute Gasteiger partial charge is 0.223 e. The number of hydrogen-bond donors (Lipinski definition) is 1. The van der Waals surface area contributed by atoms with Crippen LogP contribution in [0, 0.1) is 17.8 Å². The van der Waals surface area contributed by atoms with Gasteiger partial charge in [-0.3, -0.25) is 4.79 Å². The first-order valence-electron chi connectivity index (χ1n) is 8.76. The number of hydrogen-bond acceptors (Lipinski definition) is 2. The Morgan fingerprint density at radius 2 is 1.90 bits per heavy atom. The first kappa shape index (κ1) is 14.4. The van der Waals surface area contributed by atoms with Crippen molar-refractivity contribution in [2.45, 2.75) is 64.3 Å². The maximum Gasteiger partial charge on any atom is 0.223 e. The standard InChI is InChI=1S/C17H30N2O/c1-13(14-7-9-18-10-8-14)12-17(20)19-11-3-6-16(19)15-4-2-5-15/h13-16,18H,2-12H2,1H3. The molecule has 0 spiro atoms. The molecule has 0 aromatic carbocycles. The Hall–Kier alpha value is -0.570. The fraction of sp³-hybridized carbons (Fsp3) is 0.941. The first-order chi connectivity index (χ1) is 9.75. The van der Waals surface area contributed by atoms with Crippen molar-refractivity contribution < 1.29 is 4.79 Å². The molecule has 0 radical (unpaired) electrons. The molecule has 1 saturated carbocycles. The monoisotopic (exact) mass is 278 g/mol. The van der Waals surface area contributed by atoms with E-state index in [2.05, 4.69) is 17.1 Å². The van der Waals surface area contributed by atoms with Crippen molar-refractivity contribution in [3.05, 3.63) is 0 Å². The predicted octanol–water partition coefficient (Wildman–Crippen LogP) is 2.80. The molecular formula is C17H30N2O. The summed E-state index contributed by atoms with van der Waals surface area (Å²) in [6.45, 7) is 5.59. The van der Waals surface area contributed by atoms with Gasteiger partial charge in [-0.2, -0.15) is 0 Å². The number of amides is 1. The normalized spacial score (nSPS) is 30.2. The molecule has 0 aromatic heterocycles. The molecule has 3 fully saturated rings. The molecule has 3 heteroatoms. The minimum absolute atomic E-state index is 0.449. The highest BCUT2D eigenvalue weighted by atomic mass is 16.2. The average Bonchev–Trinajstić information content (AvgIpc) is 2.86. The van der Waals surface area contributed by atoms with Gasteiger partial charge < -0.3 is 10.2 Å². The Kier molecular flexibility index (Phi) is 4.65. The van der Waals surface area contributed by atoms with Gasteiger partial charge in [-0.25, -0.2) is 0 Å².